The summed E-state index contributed by atoms with van der Waals surface area (Å²) in [6.07, 6.45) is 1.88. The van der Waals surface area contributed by atoms with Gasteiger partial charge in [0.2, 0.25) is 9.84 Å². The minimum absolute atomic E-state index is 0.00407. The van der Waals surface area contributed by atoms with E-state index in [0.717, 1.165) is 20.9 Å². The van der Waals surface area contributed by atoms with E-state index in [1.54, 1.807) is 35.7 Å². The summed E-state index contributed by atoms with van der Waals surface area (Å²) in [7, 11) is -3.57. The number of benzene rings is 2. The second-order valence-electron chi connectivity index (χ2n) is 5.84. The first-order valence-corrected chi connectivity index (χ1v) is 11.6. The molecule has 0 aliphatic heterocycles. The summed E-state index contributed by atoms with van der Waals surface area (Å²) in [6, 6.07) is 14.2. The van der Waals surface area contributed by atoms with Crippen LogP contribution in [0, 0.1) is 6.92 Å². The maximum Gasteiger partial charge on any atom is 0.208 e. The summed E-state index contributed by atoms with van der Waals surface area (Å²) in [5.41, 5.74) is 14.2. The summed E-state index contributed by atoms with van der Waals surface area (Å²) < 4.78 is 26.9. The van der Waals surface area contributed by atoms with Gasteiger partial charge in [0.1, 0.15) is 0 Å². The third kappa shape index (κ3) is 4.02. The lowest BCUT2D eigenvalue weighted by Crippen LogP contribution is -2.21. The van der Waals surface area contributed by atoms with Crippen molar-refractivity contribution in [3.63, 3.8) is 0 Å². The predicted octanol–water partition coefficient (Wildman–Crippen LogP) is 4.18. The van der Waals surface area contributed by atoms with Crippen LogP contribution in [-0.4, -0.2) is 20.6 Å². The number of thiophene rings is 1. The molecular weight excluding hydrogens is 398 g/mol. The molecule has 0 unspecified atom stereocenters. The molecule has 3 rings (SSSR count). The van der Waals surface area contributed by atoms with Crippen LogP contribution in [0.3, 0.4) is 0 Å². The van der Waals surface area contributed by atoms with E-state index in [0.29, 0.717) is 10.6 Å². The Labute approximate surface area is 167 Å². The van der Waals surface area contributed by atoms with Gasteiger partial charge in [-0.05, 0) is 65.6 Å². The number of aliphatic imine (C=N–C) groups is 1. The molecule has 0 aliphatic carbocycles. The summed E-state index contributed by atoms with van der Waals surface area (Å²) >= 11 is 2.87. The Morgan fingerprint density at radius 1 is 1.11 bits per heavy atom. The van der Waals surface area contributed by atoms with Crippen molar-refractivity contribution in [1.82, 2.24) is 0 Å². The molecule has 0 radical (unpaired) electrons. The molecule has 0 saturated heterocycles. The number of sulfone groups is 1. The molecule has 4 N–H and O–H groups in total. The minimum atomic E-state index is -3.57. The minimum Gasteiger partial charge on any atom is -0.370 e. The summed E-state index contributed by atoms with van der Waals surface area (Å²) in [5.74, 6) is -0.00407. The topological polar surface area (TPSA) is 98.5 Å². The Hall–Kier alpha value is -2.29. The van der Waals surface area contributed by atoms with E-state index in [1.807, 2.05) is 31.4 Å². The Morgan fingerprint density at radius 2 is 1.89 bits per heavy atom. The summed E-state index contributed by atoms with van der Waals surface area (Å²) in [6.45, 7) is 1.94. The number of hydrogen-bond acceptors (Lipinski definition) is 5. The Morgan fingerprint density at radius 3 is 2.56 bits per heavy atom. The summed E-state index contributed by atoms with van der Waals surface area (Å²) in [5, 5.41) is 1.80. The van der Waals surface area contributed by atoms with Crippen LogP contribution in [0.4, 0.5) is 5.69 Å². The zero-order chi connectivity index (χ0) is 19.6. The highest BCUT2D eigenvalue weighted by Gasteiger charge is 2.22. The lowest BCUT2D eigenvalue weighted by molar-refractivity contribution is 0.595. The second kappa shape index (κ2) is 7.75. The second-order valence-corrected chi connectivity index (χ2v) is 9.75. The first kappa shape index (κ1) is 19.5. The SMILES string of the molecule is CSc1sccc1S(=O)(=O)c1cccc(-c2ccc(N=C(N)N)cc2C)c1. The molecule has 5 nitrogen and oxygen atoms in total. The van der Waals surface area contributed by atoms with Gasteiger partial charge >= 0.3 is 0 Å². The van der Waals surface area contributed by atoms with Crippen LogP contribution in [0.5, 0.6) is 0 Å². The fourth-order valence-electron chi connectivity index (χ4n) is 2.78. The van der Waals surface area contributed by atoms with Gasteiger partial charge in [-0.15, -0.1) is 23.1 Å². The van der Waals surface area contributed by atoms with Crippen LogP contribution in [-0.2, 0) is 9.84 Å². The lowest BCUT2D eigenvalue weighted by Gasteiger charge is -2.10. The van der Waals surface area contributed by atoms with Crippen LogP contribution in [0.2, 0.25) is 0 Å². The van der Waals surface area contributed by atoms with Gasteiger partial charge < -0.3 is 11.5 Å². The molecule has 8 heteroatoms. The van der Waals surface area contributed by atoms with Gasteiger partial charge in [-0.1, -0.05) is 18.2 Å². The normalized spacial score (nSPS) is 11.3. The molecule has 0 bridgehead atoms. The highest BCUT2D eigenvalue weighted by Crippen LogP contribution is 2.35. The van der Waals surface area contributed by atoms with Crippen molar-refractivity contribution in [3.05, 3.63) is 59.5 Å². The number of rotatable bonds is 5. The van der Waals surface area contributed by atoms with Gasteiger partial charge in [0, 0.05) is 0 Å². The van der Waals surface area contributed by atoms with E-state index < -0.39 is 9.84 Å². The van der Waals surface area contributed by atoms with Crippen molar-refractivity contribution in [2.75, 3.05) is 6.26 Å². The van der Waals surface area contributed by atoms with Crippen molar-refractivity contribution >= 4 is 44.6 Å². The number of nitrogens with two attached hydrogens (primary N) is 2. The highest BCUT2D eigenvalue weighted by atomic mass is 32.2. The zero-order valence-corrected chi connectivity index (χ0v) is 17.3. The van der Waals surface area contributed by atoms with E-state index in [9.17, 15) is 8.42 Å². The van der Waals surface area contributed by atoms with Crippen molar-refractivity contribution in [3.8, 4) is 11.1 Å². The largest absolute Gasteiger partial charge is 0.370 e. The molecule has 1 aromatic heterocycles. The molecule has 2 aromatic carbocycles. The molecule has 0 atom stereocenters. The maximum atomic E-state index is 13.1. The predicted molar refractivity (Wildman–Crippen MR) is 114 cm³/mol. The van der Waals surface area contributed by atoms with E-state index in [1.165, 1.54) is 23.1 Å². The average Bonchev–Trinajstić information content (AvgIpc) is 3.11. The van der Waals surface area contributed by atoms with Crippen LogP contribution in [0.25, 0.3) is 11.1 Å². The molecule has 0 fully saturated rings. The third-order valence-corrected chi connectivity index (χ3v) is 8.13. The number of guanidine groups is 1. The van der Waals surface area contributed by atoms with Gasteiger partial charge in [0.05, 0.1) is 19.7 Å². The Kier molecular flexibility index (Phi) is 5.59. The van der Waals surface area contributed by atoms with Crippen molar-refractivity contribution in [2.45, 2.75) is 20.9 Å². The number of hydrogen-bond donors (Lipinski definition) is 2. The highest BCUT2D eigenvalue weighted by molar-refractivity contribution is 8.01. The van der Waals surface area contributed by atoms with Gasteiger partial charge in [-0.25, -0.2) is 13.4 Å². The molecule has 1 heterocycles. The van der Waals surface area contributed by atoms with Crippen LogP contribution in [0.15, 0.2) is 72.9 Å². The Balaban J connectivity index is 2.05. The number of nitrogens with zero attached hydrogens (tertiary/aromatic N) is 1. The van der Waals surface area contributed by atoms with E-state index in [-0.39, 0.29) is 10.9 Å². The molecular formula is C19H19N3O2S3. The van der Waals surface area contributed by atoms with E-state index >= 15 is 0 Å². The first-order valence-electron chi connectivity index (χ1n) is 8.00. The quantitative estimate of drug-likeness (QED) is 0.368. The molecule has 0 saturated carbocycles. The fourth-order valence-corrected chi connectivity index (χ4v) is 6.51. The third-order valence-electron chi connectivity index (χ3n) is 3.99. The molecule has 0 amide bonds. The zero-order valence-electron chi connectivity index (χ0n) is 14.8. The number of aryl methyl sites for hydroxylation is 1. The first-order chi connectivity index (χ1) is 12.8. The van der Waals surface area contributed by atoms with Crippen LogP contribution >= 0.6 is 23.1 Å². The van der Waals surface area contributed by atoms with E-state index in [2.05, 4.69) is 4.99 Å². The van der Waals surface area contributed by atoms with Crippen LogP contribution in [0.1, 0.15) is 5.56 Å². The monoisotopic (exact) mass is 417 g/mol. The van der Waals surface area contributed by atoms with Gasteiger partial charge in [0.25, 0.3) is 0 Å². The van der Waals surface area contributed by atoms with Crippen molar-refractivity contribution < 1.29 is 8.42 Å². The molecule has 140 valence electrons. The standard InChI is InChI=1S/C19H19N3O2S3/c1-12-10-14(22-19(20)21)6-7-16(12)13-4-3-5-15(11-13)27(23,24)17-8-9-26-18(17)25-2/h3-11H,1-2H3,(H4,20,21,22). The average molecular weight is 418 g/mol. The molecule has 0 aliphatic rings. The van der Waals surface area contributed by atoms with Crippen molar-refractivity contribution in [2.24, 2.45) is 16.5 Å². The molecule has 0 spiro atoms. The van der Waals surface area contributed by atoms with Crippen molar-refractivity contribution in [1.29, 1.82) is 0 Å². The van der Waals surface area contributed by atoms with E-state index in [4.69, 9.17) is 11.5 Å². The van der Waals surface area contributed by atoms with Gasteiger partial charge in [0.15, 0.2) is 5.96 Å². The van der Waals surface area contributed by atoms with Gasteiger partial charge in [-0.3, -0.25) is 0 Å². The van der Waals surface area contributed by atoms with Crippen LogP contribution < -0.4 is 11.5 Å². The number of thioether (sulfide) groups is 1. The Bertz CT molecular complexity index is 1110. The molecule has 3 aromatic rings. The summed E-state index contributed by atoms with van der Waals surface area (Å²) in [4.78, 5) is 4.68. The van der Waals surface area contributed by atoms with Gasteiger partial charge in [-0.2, -0.15) is 0 Å². The molecule has 27 heavy (non-hydrogen) atoms. The maximum absolute atomic E-state index is 13.1. The fraction of sp³-hybridized carbons (Fsp3) is 0.105. The lowest BCUT2D eigenvalue weighted by atomic mass is 10.0. The smallest absolute Gasteiger partial charge is 0.208 e.